The van der Waals surface area contributed by atoms with Crippen molar-refractivity contribution in [3.63, 3.8) is 0 Å². The molecule has 4 aromatic rings. The van der Waals surface area contributed by atoms with E-state index in [1.54, 1.807) is 0 Å². The van der Waals surface area contributed by atoms with Crippen LogP contribution in [0.2, 0.25) is 0 Å². The first-order valence-corrected chi connectivity index (χ1v) is 10.5. The Morgan fingerprint density at radius 3 is 1.55 bits per heavy atom. The van der Waals surface area contributed by atoms with Crippen LogP contribution in [0, 0.1) is 13.8 Å². The average Bonchev–Trinajstić information content (AvgIpc) is 2.77. The molecule has 3 heteroatoms. The van der Waals surface area contributed by atoms with Gasteiger partial charge < -0.3 is 9.80 Å². The summed E-state index contributed by atoms with van der Waals surface area (Å²) in [6.45, 7) is 4.32. The lowest BCUT2D eigenvalue weighted by molar-refractivity contribution is 1.15. The van der Waals surface area contributed by atoms with Crippen molar-refractivity contribution in [2.75, 3.05) is 9.80 Å². The number of anilines is 6. The second-order valence-corrected chi connectivity index (χ2v) is 8.12. The minimum Gasteiger partial charge on any atom is -0.306 e. The van der Waals surface area contributed by atoms with Gasteiger partial charge in [0.1, 0.15) is 0 Å². The van der Waals surface area contributed by atoms with E-state index >= 15 is 0 Å². The molecular formula is C26H21BrN2. The van der Waals surface area contributed by atoms with Gasteiger partial charge in [-0.1, -0.05) is 64.5 Å². The molecule has 0 spiro atoms. The first kappa shape index (κ1) is 18.0. The topological polar surface area (TPSA) is 6.48 Å². The molecule has 29 heavy (non-hydrogen) atoms. The molecule has 1 heterocycles. The van der Waals surface area contributed by atoms with Gasteiger partial charge >= 0.3 is 0 Å². The van der Waals surface area contributed by atoms with E-state index in [9.17, 15) is 0 Å². The Balaban J connectivity index is 1.81. The Morgan fingerprint density at radius 1 is 0.517 bits per heavy atom. The van der Waals surface area contributed by atoms with Crippen molar-refractivity contribution in [2.24, 2.45) is 0 Å². The Hall–Kier alpha value is -3.04. The molecule has 4 aromatic carbocycles. The van der Waals surface area contributed by atoms with Gasteiger partial charge in [0.15, 0.2) is 0 Å². The molecule has 0 N–H and O–H groups in total. The average molecular weight is 441 g/mol. The van der Waals surface area contributed by atoms with Crippen LogP contribution in [0.25, 0.3) is 0 Å². The maximum Gasteiger partial charge on any atom is 0.0703 e. The zero-order chi connectivity index (χ0) is 20.0. The SMILES string of the molecule is Cc1ccc(N2c3ccccc3N(c3ccccc3)c3ccccc32)c(C)c1Br. The van der Waals surface area contributed by atoms with Crippen LogP contribution in [0.15, 0.2) is 95.5 Å². The molecule has 0 aromatic heterocycles. The number of aryl methyl sites for hydroxylation is 1. The molecule has 142 valence electrons. The van der Waals surface area contributed by atoms with E-state index in [2.05, 4.69) is 131 Å². The molecule has 0 radical (unpaired) electrons. The van der Waals surface area contributed by atoms with Crippen molar-refractivity contribution in [2.45, 2.75) is 13.8 Å². The predicted octanol–water partition coefficient (Wildman–Crippen LogP) is 8.32. The number of para-hydroxylation sites is 5. The zero-order valence-corrected chi connectivity index (χ0v) is 18.0. The van der Waals surface area contributed by atoms with E-state index in [0.29, 0.717) is 0 Å². The highest BCUT2D eigenvalue weighted by Crippen LogP contribution is 2.54. The quantitative estimate of drug-likeness (QED) is 0.272. The Bertz CT molecular complexity index is 1150. The molecule has 0 unspecified atom stereocenters. The fraction of sp³-hybridized carbons (Fsp3) is 0.0769. The summed E-state index contributed by atoms with van der Waals surface area (Å²) in [7, 11) is 0. The van der Waals surface area contributed by atoms with E-state index in [4.69, 9.17) is 0 Å². The van der Waals surface area contributed by atoms with Crippen LogP contribution in [-0.4, -0.2) is 0 Å². The summed E-state index contributed by atoms with van der Waals surface area (Å²) in [6, 6.07) is 32.2. The molecule has 0 saturated carbocycles. The molecule has 0 saturated heterocycles. The maximum atomic E-state index is 3.79. The van der Waals surface area contributed by atoms with Crippen molar-refractivity contribution in [3.8, 4) is 0 Å². The Morgan fingerprint density at radius 2 is 1.00 bits per heavy atom. The zero-order valence-electron chi connectivity index (χ0n) is 16.4. The number of nitrogens with zero attached hydrogens (tertiary/aromatic N) is 2. The lowest BCUT2D eigenvalue weighted by Crippen LogP contribution is -2.24. The Labute approximate surface area is 180 Å². The monoisotopic (exact) mass is 440 g/mol. The van der Waals surface area contributed by atoms with Gasteiger partial charge in [0.25, 0.3) is 0 Å². The van der Waals surface area contributed by atoms with Gasteiger partial charge in [-0.3, -0.25) is 0 Å². The highest BCUT2D eigenvalue weighted by Gasteiger charge is 2.30. The van der Waals surface area contributed by atoms with Crippen LogP contribution in [-0.2, 0) is 0 Å². The second-order valence-electron chi connectivity index (χ2n) is 7.32. The third-order valence-electron chi connectivity index (χ3n) is 5.53. The molecule has 5 rings (SSSR count). The molecule has 0 aliphatic carbocycles. The molecule has 2 nitrogen and oxygen atoms in total. The second kappa shape index (κ2) is 7.09. The predicted molar refractivity (Wildman–Crippen MR) is 127 cm³/mol. The van der Waals surface area contributed by atoms with Crippen LogP contribution in [0.5, 0.6) is 0 Å². The van der Waals surface area contributed by atoms with E-state index in [0.717, 1.165) is 10.2 Å². The first-order valence-electron chi connectivity index (χ1n) is 9.76. The largest absolute Gasteiger partial charge is 0.306 e. The molecule has 0 atom stereocenters. The van der Waals surface area contributed by atoms with Gasteiger partial charge in [-0.25, -0.2) is 0 Å². The number of hydrogen-bond donors (Lipinski definition) is 0. The van der Waals surface area contributed by atoms with Gasteiger partial charge in [0, 0.05) is 10.2 Å². The van der Waals surface area contributed by atoms with E-state index in [1.165, 1.54) is 39.6 Å². The number of benzene rings is 4. The number of hydrogen-bond acceptors (Lipinski definition) is 2. The number of halogens is 1. The van der Waals surface area contributed by atoms with Gasteiger partial charge in [0.05, 0.1) is 28.4 Å². The van der Waals surface area contributed by atoms with Gasteiger partial charge in [-0.15, -0.1) is 0 Å². The van der Waals surface area contributed by atoms with E-state index in [1.807, 2.05) is 0 Å². The van der Waals surface area contributed by atoms with Crippen LogP contribution >= 0.6 is 15.9 Å². The molecular weight excluding hydrogens is 420 g/mol. The smallest absolute Gasteiger partial charge is 0.0703 e. The Kier molecular flexibility index (Phi) is 4.40. The molecule has 1 aliphatic rings. The van der Waals surface area contributed by atoms with E-state index < -0.39 is 0 Å². The molecule has 1 aliphatic heterocycles. The van der Waals surface area contributed by atoms with Crippen molar-refractivity contribution in [1.29, 1.82) is 0 Å². The number of fused-ring (bicyclic) bond motifs is 2. The summed E-state index contributed by atoms with van der Waals surface area (Å²) in [4.78, 5) is 4.73. The van der Waals surface area contributed by atoms with Crippen LogP contribution in [0.4, 0.5) is 34.1 Å². The molecule has 0 fully saturated rings. The van der Waals surface area contributed by atoms with Gasteiger partial charge in [-0.2, -0.15) is 0 Å². The molecule has 0 amide bonds. The minimum atomic E-state index is 1.16. The van der Waals surface area contributed by atoms with Crippen LogP contribution < -0.4 is 9.80 Å². The minimum absolute atomic E-state index is 1.16. The summed E-state index contributed by atoms with van der Waals surface area (Å²) in [6.07, 6.45) is 0. The van der Waals surface area contributed by atoms with Gasteiger partial charge in [-0.05, 0) is 67.4 Å². The highest BCUT2D eigenvalue weighted by atomic mass is 79.9. The summed E-state index contributed by atoms with van der Waals surface area (Å²) in [5.74, 6) is 0. The normalized spacial score (nSPS) is 12.5. The summed E-state index contributed by atoms with van der Waals surface area (Å²) < 4.78 is 1.16. The summed E-state index contributed by atoms with van der Waals surface area (Å²) in [5.41, 5.74) is 9.53. The van der Waals surface area contributed by atoms with Crippen molar-refractivity contribution in [3.05, 3.63) is 107 Å². The summed E-state index contributed by atoms with van der Waals surface area (Å²) in [5, 5.41) is 0. The third-order valence-corrected chi connectivity index (χ3v) is 6.75. The standard InChI is InChI=1S/C26H21BrN2/c1-18-16-17-21(19(2)26(18)27)29-24-14-8-6-12-22(24)28(20-10-4-3-5-11-20)23-13-7-9-15-25(23)29/h3-17H,1-2H3. The fourth-order valence-corrected chi connectivity index (χ4v) is 4.45. The highest BCUT2D eigenvalue weighted by molar-refractivity contribution is 9.10. The molecule has 0 bridgehead atoms. The van der Waals surface area contributed by atoms with Crippen LogP contribution in [0.1, 0.15) is 11.1 Å². The van der Waals surface area contributed by atoms with Gasteiger partial charge in [0.2, 0.25) is 0 Å². The first-order chi connectivity index (χ1) is 14.2. The van der Waals surface area contributed by atoms with E-state index in [-0.39, 0.29) is 0 Å². The third kappa shape index (κ3) is 2.85. The lowest BCUT2D eigenvalue weighted by Gasteiger charge is -2.41. The van der Waals surface area contributed by atoms with Crippen molar-refractivity contribution in [1.82, 2.24) is 0 Å². The fourth-order valence-electron chi connectivity index (χ4n) is 4.11. The van der Waals surface area contributed by atoms with Crippen molar-refractivity contribution < 1.29 is 0 Å². The maximum absolute atomic E-state index is 3.79. The number of rotatable bonds is 2. The van der Waals surface area contributed by atoms with Crippen LogP contribution in [0.3, 0.4) is 0 Å². The van der Waals surface area contributed by atoms with Crippen molar-refractivity contribution >= 4 is 50.1 Å². The summed E-state index contributed by atoms with van der Waals surface area (Å²) >= 11 is 3.79. The lowest BCUT2D eigenvalue weighted by atomic mass is 10.0.